The van der Waals surface area contributed by atoms with Gasteiger partial charge in [-0.05, 0) is 31.2 Å². The van der Waals surface area contributed by atoms with E-state index in [4.69, 9.17) is 4.74 Å². The standard InChI is InChI=1S/C19H20N4O3S/c1-2-26-19(25)23-12-10-22(11-13-23)18(24)16-15(21-8-3-4-9-21)14-6-5-7-20-17(14)27-16/h3-9H,2,10-13H2,1H3. The number of carbonyl (C=O) groups is 2. The third-order valence-corrected chi connectivity index (χ3v) is 5.68. The highest BCUT2D eigenvalue weighted by Crippen LogP contribution is 2.34. The molecule has 0 saturated carbocycles. The molecule has 0 atom stereocenters. The van der Waals surface area contributed by atoms with Crippen molar-refractivity contribution in [3.05, 3.63) is 47.7 Å². The molecular weight excluding hydrogens is 364 g/mol. The molecule has 3 aromatic heterocycles. The second-order valence-electron chi connectivity index (χ2n) is 6.20. The largest absolute Gasteiger partial charge is 0.450 e. The van der Waals surface area contributed by atoms with Gasteiger partial charge >= 0.3 is 6.09 Å². The van der Waals surface area contributed by atoms with E-state index in [1.54, 1.807) is 22.9 Å². The average molecular weight is 384 g/mol. The van der Waals surface area contributed by atoms with Gasteiger partial charge in [-0.2, -0.15) is 0 Å². The van der Waals surface area contributed by atoms with Crippen molar-refractivity contribution >= 4 is 33.6 Å². The Morgan fingerprint density at radius 2 is 1.81 bits per heavy atom. The molecule has 7 nitrogen and oxygen atoms in total. The maximum Gasteiger partial charge on any atom is 0.409 e. The quantitative estimate of drug-likeness (QED) is 0.696. The van der Waals surface area contributed by atoms with E-state index in [1.165, 1.54) is 11.3 Å². The van der Waals surface area contributed by atoms with E-state index >= 15 is 0 Å². The summed E-state index contributed by atoms with van der Waals surface area (Å²) in [6.45, 7) is 4.08. The Hall–Kier alpha value is -2.87. The highest BCUT2D eigenvalue weighted by Gasteiger charge is 2.29. The number of nitrogens with zero attached hydrogens (tertiary/aromatic N) is 4. The molecule has 2 amide bonds. The fourth-order valence-electron chi connectivity index (χ4n) is 3.26. The molecule has 4 heterocycles. The summed E-state index contributed by atoms with van der Waals surface area (Å²) in [7, 11) is 0. The molecule has 3 aromatic rings. The molecule has 1 aliphatic rings. The lowest BCUT2D eigenvalue weighted by Gasteiger charge is -2.34. The minimum absolute atomic E-state index is 0.0230. The summed E-state index contributed by atoms with van der Waals surface area (Å²) in [6, 6.07) is 7.75. The van der Waals surface area contributed by atoms with Crippen molar-refractivity contribution < 1.29 is 14.3 Å². The number of rotatable bonds is 3. The topological polar surface area (TPSA) is 67.7 Å². The second-order valence-corrected chi connectivity index (χ2v) is 7.20. The molecule has 0 bridgehead atoms. The molecule has 27 heavy (non-hydrogen) atoms. The van der Waals surface area contributed by atoms with Gasteiger partial charge in [-0.15, -0.1) is 11.3 Å². The summed E-state index contributed by atoms with van der Waals surface area (Å²) in [5.74, 6) is -0.0230. The molecule has 0 unspecified atom stereocenters. The summed E-state index contributed by atoms with van der Waals surface area (Å²) >= 11 is 1.41. The highest BCUT2D eigenvalue weighted by molar-refractivity contribution is 7.21. The number of thiophene rings is 1. The number of hydrogen-bond acceptors (Lipinski definition) is 5. The Bertz CT molecular complexity index is 959. The lowest BCUT2D eigenvalue weighted by Crippen LogP contribution is -2.50. The molecule has 4 rings (SSSR count). The lowest BCUT2D eigenvalue weighted by molar-refractivity contribution is 0.0574. The molecule has 1 saturated heterocycles. The summed E-state index contributed by atoms with van der Waals surface area (Å²) in [6.07, 6.45) is 5.29. The van der Waals surface area contributed by atoms with Crippen LogP contribution in [-0.2, 0) is 4.74 Å². The van der Waals surface area contributed by atoms with Gasteiger partial charge in [0.15, 0.2) is 0 Å². The number of pyridine rings is 1. The predicted octanol–water partition coefficient (Wildman–Crippen LogP) is 3.00. The number of hydrogen-bond donors (Lipinski definition) is 0. The zero-order valence-corrected chi connectivity index (χ0v) is 15.8. The van der Waals surface area contributed by atoms with Crippen molar-refractivity contribution in [2.24, 2.45) is 0 Å². The summed E-state index contributed by atoms with van der Waals surface area (Å²) in [5.41, 5.74) is 0.867. The SMILES string of the molecule is CCOC(=O)N1CCN(C(=O)c2sc3ncccc3c2-n2cccc2)CC1. The van der Waals surface area contributed by atoms with Crippen LogP contribution in [0.5, 0.6) is 0 Å². The van der Waals surface area contributed by atoms with Crippen LogP contribution in [0.3, 0.4) is 0 Å². The van der Waals surface area contributed by atoms with E-state index in [9.17, 15) is 9.59 Å². The number of aromatic nitrogens is 2. The van der Waals surface area contributed by atoms with E-state index < -0.39 is 0 Å². The average Bonchev–Trinajstić information content (AvgIpc) is 3.35. The first-order valence-corrected chi connectivity index (χ1v) is 9.72. The molecule has 0 spiro atoms. The zero-order valence-electron chi connectivity index (χ0n) is 15.0. The van der Waals surface area contributed by atoms with Crippen molar-refractivity contribution in [3.63, 3.8) is 0 Å². The van der Waals surface area contributed by atoms with Crippen LogP contribution < -0.4 is 0 Å². The van der Waals surface area contributed by atoms with Crippen LogP contribution in [0.4, 0.5) is 4.79 Å². The first-order valence-electron chi connectivity index (χ1n) is 8.91. The summed E-state index contributed by atoms with van der Waals surface area (Å²) < 4.78 is 7.00. The molecule has 140 valence electrons. The molecule has 0 aliphatic carbocycles. The van der Waals surface area contributed by atoms with Gasteiger partial charge in [0.25, 0.3) is 5.91 Å². The zero-order chi connectivity index (χ0) is 18.8. The summed E-state index contributed by atoms with van der Waals surface area (Å²) in [5, 5.41) is 0.965. The van der Waals surface area contributed by atoms with E-state index in [0.717, 1.165) is 15.9 Å². The van der Waals surface area contributed by atoms with E-state index in [2.05, 4.69) is 4.98 Å². The predicted molar refractivity (Wildman–Crippen MR) is 103 cm³/mol. The molecular formula is C19H20N4O3S. The number of piperazine rings is 1. The maximum atomic E-state index is 13.2. The Labute approximate surface area is 160 Å². The minimum Gasteiger partial charge on any atom is -0.450 e. The summed E-state index contributed by atoms with van der Waals surface area (Å²) in [4.78, 5) is 34.5. The molecule has 0 N–H and O–H groups in total. The molecule has 0 aromatic carbocycles. The number of amides is 2. The fraction of sp³-hybridized carbons (Fsp3) is 0.316. The van der Waals surface area contributed by atoms with Crippen molar-refractivity contribution in [2.75, 3.05) is 32.8 Å². The Morgan fingerprint density at radius 1 is 1.11 bits per heavy atom. The molecule has 1 fully saturated rings. The highest BCUT2D eigenvalue weighted by atomic mass is 32.1. The second kappa shape index (κ2) is 7.40. The van der Waals surface area contributed by atoms with Gasteiger partial charge in [0.05, 0.1) is 12.3 Å². The lowest BCUT2D eigenvalue weighted by atomic mass is 10.2. The van der Waals surface area contributed by atoms with Crippen molar-refractivity contribution in [1.29, 1.82) is 0 Å². The third kappa shape index (κ3) is 3.28. The van der Waals surface area contributed by atoms with Crippen LogP contribution in [0, 0.1) is 0 Å². The molecule has 8 heteroatoms. The Kier molecular flexibility index (Phi) is 4.81. The van der Waals surface area contributed by atoms with Crippen molar-refractivity contribution in [2.45, 2.75) is 6.92 Å². The molecule has 1 aliphatic heterocycles. The Balaban J connectivity index is 1.61. The number of ether oxygens (including phenoxy) is 1. The van der Waals surface area contributed by atoms with E-state index in [-0.39, 0.29) is 12.0 Å². The van der Waals surface area contributed by atoms with Gasteiger partial charge in [0.1, 0.15) is 9.71 Å². The number of fused-ring (bicyclic) bond motifs is 1. The third-order valence-electron chi connectivity index (χ3n) is 4.59. The van der Waals surface area contributed by atoms with Gasteiger partial charge in [-0.3, -0.25) is 4.79 Å². The van der Waals surface area contributed by atoms with Crippen LogP contribution in [0.15, 0.2) is 42.9 Å². The Morgan fingerprint density at radius 3 is 2.52 bits per heavy atom. The fourth-order valence-corrected chi connectivity index (χ4v) is 4.37. The van der Waals surface area contributed by atoms with Gasteiger partial charge in [-0.1, -0.05) is 0 Å². The van der Waals surface area contributed by atoms with Crippen LogP contribution in [-0.4, -0.2) is 64.1 Å². The van der Waals surface area contributed by atoms with Gasteiger partial charge in [0.2, 0.25) is 0 Å². The normalized spacial score (nSPS) is 14.6. The number of carbonyl (C=O) groups excluding carboxylic acids is 2. The minimum atomic E-state index is -0.316. The van der Waals surface area contributed by atoms with Crippen molar-refractivity contribution in [1.82, 2.24) is 19.4 Å². The van der Waals surface area contributed by atoms with Crippen LogP contribution in [0.1, 0.15) is 16.6 Å². The maximum absolute atomic E-state index is 13.2. The van der Waals surface area contributed by atoms with Gasteiger partial charge in [-0.25, -0.2) is 9.78 Å². The van der Waals surface area contributed by atoms with Gasteiger partial charge < -0.3 is 19.1 Å². The van der Waals surface area contributed by atoms with Gasteiger partial charge in [0, 0.05) is 50.2 Å². The van der Waals surface area contributed by atoms with Crippen molar-refractivity contribution in [3.8, 4) is 5.69 Å². The van der Waals surface area contributed by atoms with Crippen LogP contribution >= 0.6 is 11.3 Å². The van der Waals surface area contributed by atoms with Crippen LogP contribution in [0.25, 0.3) is 15.9 Å². The first-order chi connectivity index (χ1) is 13.2. The molecule has 0 radical (unpaired) electrons. The van der Waals surface area contributed by atoms with Crippen LogP contribution in [0.2, 0.25) is 0 Å². The first kappa shape index (κ1) is 17.5. The van der Waals surface area contributed by atoms with E-state index in [1.807, 2.05) is 41.2 Å². The smallest absolute Gasteiger partial charge is 0.409 e. The van der Waals surface area contributed by atoms with E-state index in [0.29, 0.717) is 37.7 Å². The monoisotopic (exact) mass is 384 g/mol.